The van der Waals surface area contributed by atoms with Crippen LogP contribution < -0.4 is 20.7 Å². The highest BCUT2D eigenvalue weighted by atomic mass is 16.6. The Hall–Kier alpha value is -3.39. The van der Waals surface area contributed by atoms with E-state index in [9.17, 15) is 14.9 Å². The van der Waals surface area contributed by atoms with Crippen molar-refractivity contribution >= 4 is 17.7 Å². The van der Waals surface area contributed by atoms with Gasteiger partial charge in [0.1, 0.15) is 6.61 Å². The van der Waals surface area contributed by atoms with Gasteiger partial charge in [0.25, 0.3) is 11.6 Å². The number of ether oxygens (including phenoxy) is 2. The van der Waals surface area contributed by atoms with Crippen LogP contribution in [0.15, 0.2) is 48.5 Å². The third kappa shape index (κ3) is 5.05. The number of non-ortho nitro benzene ring substituents is 1. The molecular formula is C17H17N3O5. The minimum Gasteiger partial charge on any atom is -0.493 e. The first kappa shape index (κ1) is 18.0. The van der Waals surface area contributed by atoms with Crippen LogP contribution in [0.4, 0.5) is 5.69 Å². The van der Waals surface area contributed by atoms with Crippen molar-refractivity contribution in [3.63, 3.8) is 0 Å². The Bertz CT molecular complexity index is 787. The van der Waals surface area contributed by atoms with Crippen LogP contribution in [0.25, 0.3) is 6.08 Å². The first-order valence-corrected chi connectivity index (χ1v) is 7.26. The molecule has 2 aromatic rings. The highest BCUT2D eigenvalue weighted by molar-refractivity contribution is 5.91. The van der Waals surface area contributed by atoms with E-state index >= 15 is 0 Å². The van der Waals surface area contributed by atoms with E-state index < -0.39 is 10.8 Å². The average molecular weight is 343 g/mol. The first-order valence-electron chi connectivity index (χ1n) is 7.26. The maximum absolute atomic E-state index is 11.2. The number of amides is 1. The van der Waals surface area contributed by atoms with Gasteiger partial charge in [-0.1, -0.05) is 6.07 Å². The number of hydrogen-bond donors (Lipinski definition) is 2. The minimum absolute atomic E-state index is 0.0200. The lowest BCUT2D eigenvalue weighted by molar-refractivity contribution is -0.384. The number of carbonyl (C=O) groups excluding carboxylic acids is 1. The van der Waals surface area contributed by atoms with E-state index in [4.69, 9.17) is 15.3 Å². The quantitative estimate of drug-likeness (QED) is 0.262. The van der Waals surface area contributed by atoms with E-state index in [1.54, 1.807) is 36.4 Å². The number of benzene rings is 2. The molecule has 0 fully saturated rings. The Labute approximate surface area is 144 Å². The zero-order valence-corrected chi connectivity index (χ0v) is 13.5. The molecule has 1 amide bonds. The van der Waals surface area contributed by atoms with Gasteiger partial charge in [0, 0.05) is 18.2 Å². The summed E-state index contributed by atoms with van der Waals surface area (Å²) in [6.45, 7) is 0.213. The lowest BCUT2D eigenvalue weighted by Gasteiger charge is -2.11. The molecule has 0 aliphatic carbocycles. The Morgan fingerprint density at radius 2 is 1.96 bits per heavy atom. The fourth-order valence-electron chi connectivity index (χ4n) is 2.00. The van der Waals surface area contributed by atoms with E-state index in [1.165, 1.54) is 25.3 Å². The molecule has 25 heavy (non-hydrogen) atoms. The van der Waals surface area contributed by atoms with Gasteiger partial charge in [-0.2, -0.15) is 0 Å². The van der Waals surface area contributed by atoms with E-state index in [2.05, 4.69) is 0 Å². The molecule has 0 unspecified atom stereocenters. The number of rotatable bonds is 7. The van der Waals surface area contributed by atoms with Gasteiger partial charge in [0.15, 0.2) is 11.5 Å². The molecule has 0 bridgehead atoms. The van der Waals surface area contributed by atoms with Crippen LogP contribution in [0.5, 0.6) is 11.5 Å². The summed E-state index contributed by atoms with van der Waals surface area (Å²) in [7, 11) is 1.52. The number of nitrogens with zero attached hydrogens (tertiary/aromatic N) is 1. The van der Waals surface area contributed by atoms with Crippen LogP contribution in [-0.2, 0) is 11.4 Å². The van der Waals surface area contributed by atoms with Crippen molar-refractivity contribution in [2.45, 2.75) is 6.61 Å². The highest BCUT2D eigenvalue weighted by Gasteiger charge is 2.07. The minimum atomic E-state index is -0.457. The summed E-state index contributed by atoms with van der Waals surface area (Å²) in [6.07, 6.45) is 2.88. The van der Waals surface area contributed by atoms with Crippen LogP contribution in [-0.4, -0.2) is 17.9 Å². The molecular weight excluding hydrogens is 326 g/mol. The molecule has 0 spiro atoms. The lowest BCUT2D eigenvalue weighted by atomic mass is 10.2. The van der Waals surface area contributed by atoms with Gasteiger partial charge in [0.2, 0.25) is 0 Å². The molecule has 0 atom stereocenters. The van der Waals surface area contributed by atoms with Crippen molar-refractivity contribution in [1.29, 1.82) is 0 Å². The molecule has 2 rings (SSSR count). The van der Waals surface area contributed by atoms with Gasteiger partial charge < -0.3 is 9.47 Å². The van der Waals surface area contributed by atoms with Gasteiger partial charge in [-0.05, 0) is 41.5 Å². The number of nitrogens with one attached hydrogen (secondary N) is 1. The number of nitrogens with two attached hydrogens (primary N) is 1. The summed E-state index contributed by atoms with van der Waals surface area (Å²) in [6, 6.07) is 11.3. The van der Waals surface area contributed by atoms with Crippen LogP contribution in [0.1, 0.15) is 11.1 Å². The van der Waals surface area contributed by atoms with Crippen molar-refractivity contribution in [3.05, 3.63) is 69.8 Å². The second kappa shape index (κ2) is 8.46. The molecule has 3 N–H and O–H groups in total. The maximum atomic E-state index is 11.2. The third-order valence-corrected chi connectivity index (χ3v) is 3.30. The number of methoxy groups -OCH3 is 1. The summed E-state index contributed by atoms with van der Waals surface area (Å²) >= 11 is 0. The van der Waals surface area contributed by atoms with Gasteiger partial charge in [-0.15, -0.1) is 0 Å². The fraction of sp³-hybridized carbons (Fsp3) is 0.118. The second-order valence-electron chi connectivity index (χ2n) is 4.96. The van der Waals surface area contributed by atoms with E-state index in [-0.39, 0.29) is 12.3 Å². The number of nitro benzene ring substituents is 1. The SMILES string of the molecule is COc1ccc(/C=C/C(=O)NN)cc1OCc1ccc([N+](=O)[O-])cc1. The van der Waals surface area contributed by atoms with Crippen LogP contribution in [0.3, 0.4) is 0 Å². The normalized spacial score (nSPS) is 10.5. The number of nitro groups is 1. The second-order valence-corrected chi connectivity index (χ2v) is 4.96. The predicted molar refractivity (Wildman–Crippen MR) is 91.8 cm³/mol. The molecule has 130 valence electrons. The summed E-state index contributed by atoms with van der Waals surface area (Å²) in [5, 5.41) is 10.7. The Morgan fingerprint density at radius 1 is 1.24 bits per heavy atom. The summed E-state index contributed by atoms with van der Waals surface area (Å²) in [5.41, 5.74) is 3.52. The van der Waals surface area contributed by atoms with Gasteiger partial charge in [0.05, 0.1) is 12.0 Å². The lowest BCUT2D eigenvalue weighted by Crippen LogP contribution is -2.27. The van der Waals surface area contributed by atoms with Gasteiger partial charge >= 0.3 is 0 Å². The Kier molecular flexibility index (Phi) is 6.08. The summed E-state index contributed by atoms with van der Waals surface area (Å²) < 4.78 is 11.0. The predicted octanol–water partition coefficient (Wildman–Crippen LogP) is 2.19. The van der Waals surface area contributed by atoms with Gasteiger partial charge in [-0.25, -0.2) is 5.84 Å². The van der Waals surface area contributed by atoms with Crippen molar-refractivity contribution in [1.82, 2.24) is 5.43 Å². The van der Waals surface area contributed by atoms with Crippen molar-refractivity contribution in [2.75, 3.05) is 7.11 Å². The molecule has 0 heterocycles. The van der Waals surface area contributed by atoms with E-state index in [0.29, 0.717) is 11.5 Å². The standard InChI is InChI=1S/C17H17N3O5/c1-24-15-8-4-12(5-9-17(21)19-18)10-16(15)25-11-13-2-6-14(7-3-13)20(22)23/h2-10H,11,18H2,1H3,(H,19,21)/b9-5+. The van der Waals surface area contributed by atoms with Crippen LogP contribution in [0.2, 0.25) is 0 Å². The van der Waals surface area contributed by atoms with E-state index in [0.717, 1.165) is 11.1 Å². The summed E-state index contributed by atoms with van der Waals surface area (Å²) in [4.78, 5) is 21.4. The zero-order chi connectivity index (χ0) is 18.2. The first-order chi connectivity index (χ1) is 12.0. The summed E-state index contributed by atoms with van der Waals surface area (Å²) in [5.74, 6) is 5.60. The van der Waals surface area contributed by atoms with Crippen LogP contribution in [0, 0.1) is 10.1 Å². The average Bonchev–Trinajstić information content (AvgIpc) is 2.64. The van der Waals surface area contributed by atoms with Gasteiger partial charge in [-0.3, -0.25) is 20.3 Å². The largest absolute Gasteiger partial charge is 0.493 e. The van der Waals surface area contributed by atoms with Crippen molar-refractivity contribution in [2.24, 2.45) is 5.84 Å². The number of hydrazine groups is 1. The number of carbonyl (C=O) groups is 1. The molecule has 8 heteroatoms. The maximum Gasteiger partial charge on any atom is 0.269 e. The van der Waals surface area contributed by atoms with Crippen molar-refractivity contribution in [3.8, 4) is 11.5 Å². The molecule has 0 saturated carbocycles. The van der Waals surface area contributed by atoms with Crippen molar-refractivity contribution < 1.29 is 19.2 Å². The Balaban J connectivity index is 2.12. The van der Waals surface area contributed by atoms with Crippen LogP contribution >= 0.6 is 0 Å². The van der Waals surface area contributed by atoms with E-state index in [1.807, 2.05) is 5.43 Å². The smallest absolute Gasteiger partial charge is 0.269 e. The Morgan fingerprint density at radius 3 is 2.56 bits per heavy atom. The molecule has 2 aromatic carbocycles. The topological polar surface area (TPSA) is 117 Å². The zero-order valence-electron chi connectivity index (χ0n) is 13.5. The molecule has 0 aliphatic rings. The molecule has 0 aromatic heterocycles. The third-order valence-electron chi connectivity index (χ3n) is 3.30. The molecule has 0 radical (unpaired) electrons. The fourth-order valence-corrected chi connectivity index (χ4v) is 2.00. The molecule has 0 aliphatic heterocycles. The molecule has 8 nitrogen and oxygen atoms in total. The monoisotopic (exact) mass is 343 g/mol. The highest BCUT2D eigenvalue weighted by Crippen LogP contribution is 2.29. The number of hydrogen-bond acceptors (Lipinski definition) is 6. The molecule has 0 saturated heterocycles.